The van der Waals surface area contributed by atoms with Gasteiger partial charge in [0.25, 0.3) is 10.0 Å². The van der Waals surface area contributed by atoms with Crippen LogP contribution in [-0.4, -0.2) is 45.1 Å². The molecule has 1 saturated heterocycles. The molecule has 6 nitrogen and oxygen atoms in total. The maximum absolute atomic E-state index is 12.3. The number of halogens is 1. The number of hydrogen-bond donors (Lipinski definition) is 1. The van der Waals surface area contributed by atoms with Gasteiger partial charge in [-0.05, 0) is 34.5 Å². The molecule has 1 aromatic rings. The number of rotatable bonds is 3. The number of alkyl carbamates (subject to hydrolysis) is 1. The summed E-state index contributed by atoms with van der Waals surface area (Å²) in [4.78, 5) is 11.1. The molecule has 0 bridgehead atoms. The lowest BCUT2D eigenvalue weighted by atomic mass is 10.3. The van der Waals surface area contributed by atoms with E-state index in [9.17, 15) is 13.2 Å². The number of amides is 1. The lowest BCUT2D eigenvalue weighted by molar-refractivity contribution is 0.167. The molecule has 1 aliphatic rings. The average molecular weight is 369 g/mol. The summed E-state index contributed by atoms with van der Waals surface area (Å²) in [5.41, 5.74) is 0. The van der Waals surface area contributed by atoms with Crippen LogP contribution in [-0.2, 0) is 14.8 Å². The standard InChI is InChI=1S/C10H13BrN2O4S2/c1-17-10(14)12-7-4-5-13(6-7)19(15,16)9-3-2-8(11)18-9/h2-3,7H,4-6H2,1H3,(H,12,14). The number of hydrogen-bond acceptors (Lipinski definition) is 5. The number of carbonyl (C=O) groups is 1. The molecule has 106 valence electrons. The van der Waals surface area contributed by atoms with Crippen molar-refractivity contribution in [3.63, 3.8) is 0 Å². The summed E-state index contributed by atoms with van der Waals surface area (Å²) in [5, 5.41) is 2.61. The molecule has 9 heteroatoms. The van der Waals surface area contributed by atoms with Crippen LogP contribution in [0.3, 0.4) is 0 Å². The quantitative estimate of drug-likeness (QED) is 0.879. The van der Waals surface area contributed by atoms with Crippen LogP contribution in [0, 0.1) is 0 Å². The second-order valence-corrected chi connectivity index (χ2v) is 8.67. The van der Waals surface area contributed by atoms with E-state index in [0.717, 1.165) is 3.79 Å². The first kappa shape index (κ1) is 14.8. The van der Waals surface area contributed by atoms with Crippen LogP contribution in [0.1, 0.15) is 6.42 Å². The molecule has 1 N–H and O–H groups in total. The van der Waals surface area contributed by atoms with Crippen molar-refractivity contribution >= 4 is 43.4 Å². The van der Waals surface area contributed by atoms with Crippen molar-refractivity contribution < 1.29 is 17.9 Å². The third kappa shape index (κ3) is 3.28. The van der Waals surface area contributed by atoms with Crippen molar-refractivity contribution in [1.82, 2.24) is 9.62 Å². The molecule has 1 amide bonds. The lowest BCUT2D eigenvalue weighted by Crippen LogP contribution is -2.38. The molecule has 0 aliphatic carbocycles. The summed E-state index contributed by atoms with van der Waals surface area (Å²) in [6.45, 7) is 0.666. The van der Waals surface area contributed by atoms with Gasteiger partial charge in [0, 0.05) is 19.1 Å². The van der Waals surface area contributed by atoms with Gasteiger partial charge in [0.1, 0.15) is 4.21 Å². The van der Waals surface area contributed by atoms with Crippen LogP contribution >= 0.6 is 27.3 Å². The maximum Gasteiger partial charge on any atom is 0.407 e. The predicted molar refractivity (Wildman–Crippen MR) is 74.7 cm³/mol. The van der Waals surface area contributed by atoms with Crippen molar-refractivity contribution in [1.29, 1.82) is 0 Å². The van der Waals surface area contributed by atoms with Crippen LogP contribution in [0.5, 0.6) is 0 Å². The molecule has 1 fully saturated rings. The largest absolute Gasteiger partial charge is 0.453 e. The highest BCUT2D eigenvalue weighted by atomic mass is 79.9. The van der Waals surface area contributed by atoms with Crippen LogP contribution < -0.4 is 5.32 Å². The van der Waals surface area contributed by atoms with Crippen molar-refractivity contribution in [2.45, 2.75) is 16.7 Å². The molecule has 1 atom stereocenters. The third-order valence-corrected chi connectivity index (χ3v) is 6.76. The van der Waals surface area contributed by atoms with Gasteiger partial charge < -0.3 is 10.1 Å². The molecule has 1 unspecified atom stereocenters. The van der Waals surface area contributed by atoms with Gasteiger partial charge >= 0.3 is 6.09 Å². The average Bonchev–Trinajstić information content (AvgIpc) is 2.98. The number of nitrogens with one attached hydrogen (secondary N) is 1. The molecule has 1 aromatic heterocycles. The lowest BCUT2D eigenvalue weighted by Gasteiger charge is -2.15. The number of nitrogens with zero attached hydrogens (tertiary/aromatic N) is 1. The first-order valence-electron chi connectivity index (χ1n) is 5.53. The Bertz CT molecular complexity index is 572. The highest BCUT2D eigenvalue weighted by molar-refractivity contribution is 9.11. The molecule has 0 spiro atoms. The Hall–Kier alpha value is -0.640. The predicted octanol–water partition coefficient (Wildman–Crippen LogP) is 1.63. The molecular formula is C10H13BrN2O4S2. The molecule has 1 aliphatic heterocycles. The van der Waals surface area contributed by atoms with Crippen molar-refractivity contribution in [2.75, 3.05) is 20.2 Å². The fraction of sp³-hybridized carbons (Fsp3) is 0.500. The van der Waals surface area contributed by atoms with Crippen molar-refractivity contribution in [2.24, 2.45) is 0 Å². The second-order valence-electron chi connectivity index (χ2n) is 4.04. The molecule has 0 radical (unpaired) electrons. The number of carbonyl (C=O) groups excluding carboxylic acids is 1. The molecule has 0 saturated carbocycles. The first-order valence-corrected chi connectivity index (χ1v) is 8.58. The maximum atomic E-state index is 12.3. The normalized spacial score (nSPS) is 20.4. The number of thiophene rings is 1. The van der Waals surface area contributed by atoms with E-state index in [1.807, 2.05) is 0 Å². The van der Waals surface area contributed by atoms with Gasteiger partial charge in [-0.2, -0.15) is 4.31 Å². The van der Waals surface area contributed by atoms with Crippen molar-refractivity contribution in [3.05, 3.63) is 15.9 Å². The number of sulfonamides is 1. The second kappa shape index (κ2) is 5.78. The SMILES string of the molecule is COC(=O)NC1CCN(S(=O)(=O)c2ccc(Br)s2)C1. The summed E-state index contributed by atoms with van der Waals surface area (Å²) in [5.74, 6) is 0. The van der Waals surface area contributed by atoms with E-state index < -0.39 is 16.1 Å². The minimum Gasteiger partial charge on any atom is -0.453 e. The monoisotopic (exact) mass is 368 g/mol. The van der Waals surface area contributed by atoms with Crippen LogP contribution in [0.25, 0.3) is 0 Å². The Morgan fingerprint density at radius 3 is 2.89 bits per heavy atom. The smallest absolute Gasteiger partial charge is 0.407 e. The topological polar surface area (TPSA) is 75.7 Å². The summed E-state index contributed by atoms with van der Waals surface area (Å²) in [6, 6.07) is 3.08. The van der Waals surface area contributed by atoms with Gasteiger partial charge in [-0.1, -0.05) is 0 Å². The Morgan fingerprint density at radius 1 is 1.58 bits per heavy atom. The van der Waals surface area contributed by atoms with E-state index in [1.54, 1.807) is 12.1 Å². The highest BCUT2D eigenvalue weighted by Crippen LogP contribution is 2.30. The Morgan fingerprint density at radius 2 is 2.32 bits per heavy atom. The summed E-state index contributed by atoms with van der Waals surface area (Å²) in [7, 11) is -2.18. The van der Waals surface area contributed by atoms with Gasteiger partial charge in [0.05, 0.1) is 10.9 Å². The van der Waals surface area contributed by atoms with E-state index in [4.69, 9.17) is 0 Å². The molecule has 2 rings (SSSR count). The van der Waals surface area contributed by atoms with Gasteiger partial charge in [0.2, 0.25) is 0 Å². The first-order chi connectivity index (χ1) is 8.93. The van der Waals surface area contributed by atoms with Gasteiger partial charge in [-0.15, -0.1) is 11.3 Å². The van der Waals surface area contributed by atoms with Gasteiger partial charge in [-0.3, -0.25) is 0 Å². The van der Waals surface area contributed by atoms with E-state index in [2.05, 4.69) is 26.0 Å². The van der Waals surface area contributed by atoms with Crippen LogP contribution in [0.2, 0.25) is 0 Å². The molecule has 2 heterocycles. The fourth-order valence-corrected chi connectivity index (χ4v) is 5.52. The number of ether oxygens (including phenoxy) is 1. The van der Waals surface area contributed by atoms with E-state index in [-0.39, 0.29) is 12.6 Å². The number of methoxy groups -OCH3 is 1. The van der Waals surface area contributed by atoms with Gasteiger partial charge in [0.15, 0.2) is 0 Å². The fourth-order valence-electron chi connectivity index (χ4n) is 1.85. The molecular weight excluding hydrogens is 356 g/mol. The highest BCUT2D eigenvalue weighted by Gasteiger charge is 2.34. The van der Waals surface area contributed by atoms with Gasteiger partial charge in [-0.25, -0.2) is 13.2 Å². The Kier molecular flexibility index (Phi) is 4.49. The van der Waals surface area contributed by atoms with E-state index >= 15 is 0 Å². The summed E-state index contributed by atoms with van der Waals surface area (Å²) in [6.07, 6.45) is 0.0454. The van der Waals surface area contributed by atoms with E-state index in [1.165, 1.54) is 22.8 Å². The molecule has 19 heavy (non-hydrogen) atoms. The summed E-state index contributed by atoms with van der Waals surface area (Å²) < 4.78 is 31.6. The zero-order chi connectivity index (χ0) is 14.0. The zero-order valence-electron chi connectivity index (χ0n) is 10.1. The van der Waals surface area contributed by atoms with Crippen LogP contribution in [0.15, 0.2) is 20.1 Å². The third-order valence-electron chi connectivity index (χ3n) is 2.80. The Labute approximate surface area is 123 Å². The minimum atomic E-state index is -3.46. The molecule has 0 aromatic carbocycles. The zero-order valence-corrected chi connectivity index (χ0v) is 13.3. The minimum absolute atomic E-state index is 0.203. The Balaban J connectivity index is 2.06. The van der Waals surface area contributed by atoms with Crippen LogP contribution in [0.4, 0.5) is 4.79 Å². The van der Waals surface area contributed by atoms with E-state index in [0.29, 0.717) is 17.2 Å². The van der Waals surface area contributed by atoms with Crippen molar-refractivity contribution in [3.8, 4) is 0 Å². The summed E-state index contributed by atoms with van der Waals surface area (Å²) >= 11 is 4.43.